The number of benzene rings is 2. The van der Waals surface area contributed by atoms with E-state index < -0.39 is 6.10 Å². The van der Waals surface area contributed by atoms with Gasteiger partial charge in [0.05, 0.1) is 5.69 Å². The van der Waals surface area contributed by atoms with Crippen LogP contribution in [-0.2, 0) is 17.9 Å². The van der Waals surface area contributed by atoms with Crippen LogP contribution in [0.3, 0.4) is 0 Å². The predicted octanol–water partition coefficient (Wildman–Crippen LogP) is 4.05. The topological polar surface area (TPSA) is 60.5 Å². The fraction of sp³-hybridized carbons (Fsp3) is 0.217. The molecule has 0 spiro atoms. The second-order valence-electron chi connectivity index (χ2n) is 6.54. The Balaban J connectivity index is 1.44. The zero-order valence-corrected chi connectivity index (χ0v) is 16.1. The molecule has 0 bridgehead atoms. The molecule has 0 aliphatic carbocycles. The molecule has 1 N–H and O–H groups in total. The van der Waals surface area contributed by atoms with Crippen LogP contribution in [0.15, 0.2) is 72.9 Å². The Kier molecular flexibility index (Phi) is 6.63. The molecule has 0 fully saturated rings. The van der Waals surface area contributed by atoms with Crippen LogP contribution in [-0.4, -0.2) is 17.0 Å². The van der Waals surface area contributed by atoms with Crippen molar-refractivity contribution in [3.63, 3.8) is 0 Å². The third-order valence-electron chi connectivity index (χ3n) is 4.21. The molecule has 1 amide bonds. The number of hydrogen-bond donors (Lipinski definition) is 1. The van der Waals surface area contributed by atoms with Crippen molar-refractivity contribution in [2.45, 2.75) is 33.1 Å². The molecule has 1 unspecified atom stereocenters. The average molecular weight is 376 g/mol. The Morgan fingerprint density at radius 3 is 2.39 bits per heavy atom. The molecule has 1 atom stereocenters. The van der Waals surface area contributed by atoms with Gasteiger partial charge in [0.1, 0.15) is 18.1 Å². The SMILES string of the molecule is Cc1ccc(OC(C)C(=O)NCc2ccc(OCc3ccccn3)cc2)cc1. The second-order valence-corrected chi connectivity index (χ2v) is 6.54. The molecule has 5 heteroatoms. The second kappa shape index (κ2) is 9.55. The molecule has 3 rings (SSSR count). The number of hydrogen-bond acceptors (Lipinski definition) is 4. The monoisotopic (exact) mass is 376 g/mol. The molecule has 0 saturated heterocycles. The number of carbonyl (C=O) groups excluding carboxylic acids is 1. The zero-order chi connectivity index (χ0) is 19.8. The predicted molar refractivity (Wildman–Crippen MR) is 108 cm³/mol. The Hall–Kier alpha value is -3.34. The van der Waals surface area contributed by atoms with E-state index in [2.05, 4.69) is 10.3 Å². The maximum Gasteiger partial charge on any atom is 0.261 e. The van der Waals surface area contributed by atoms with Gasteiger partial charge < -0.3 is 14.8 Å². The van der Waals surface area contributed by atoms with Gasteiger partial charge in [-0.15, -0.1) is 0 Å². The zero-order valence-electron chi connectivity index (χ0n) is 16.1. The summed E-state index contributed by atoms with van der Waals surface area (Å²) >= 11 is 0. The number of nitrogens with one attached hydrogen (secondary N) is 1. The number of carbonyl (C=O) groups is 1. The van der Waals surface area contributed by atoms with Crippen LogP contribution in [0.5, 0.6) is 11.5 Å². The first-order valence-corrected chi connectivity index (χ1v) is 9.23. The quantitative estimate of drug-likeness (QED) is 0.644. The van der Waals surface area contributed by atoms with E-state index in [0.29, 0.717) is 18.9 Å². The summed E-state index contributed by atoms with van der Waals surface area (Å²) in [5.41, 5.74) is 3.01. The maximum atomic E-state index is 12.2. The van der Waals surface area contributed by atoms with Gasteiger partial charge in [-0.3, -0.25) is 9.78 Å². The van der Waals surface area contributed by atoms with Crippen LogP contribution < -0.4 is 14.8 Å². The molecule has 1 aromatic heterocycles. The summed E-state index contributed by atoms with van der Waals surface area (Å²) in [5, 5.41) is 2.89. The number of nitrogens with zero attached hydrogens (tertiary/aromatic N) is 1. The van der Waals surface area contributed by atoms with Crippen LogP contribution in [0.4, 0.5) is 0 Å². The van der Waals surface area contributed by atoms with Gasteiger partial charge in [-0.25, -0.2) is 0 Å². The highest BCUT2D eigenvalue weighted by Gasteiger charge is 2.14. The molecule has 0 aliphatic heterocycles. The number of rotatable bonds is 8. The average Bonchev–Trinajstić information content (AvgIpc) is 2.73. The first-order valence-electron chi connectivity index (χ1n) is 9.23. The van der Waals surface area contributed by atoms with Gasteiger partial charge in [0.2, 0.25) is 0 Å². The smallest absolute Gasteiger partial charge is 0.261 e. The molecule has 0 radical (unpaired) electrons. The Labute approximate surface area is 165 Å². The standard InChI is InChI=1S/C23H24N2O3/c1-17-6-10-22(11-7-17)28-18(2)23(26)25-15-19-8-12-21(13-9-19)27-16-20-5-3-4-14-24-20/h3-14,18H,15-16H2,1-2H3,(H,25,26). The van der Waals surface area contributed by atoms with Crippen LogP contribution in [0.25, 0.3) is 0 Å². The minimum absolute atomic E-state index is 0.156. The molecule has 3 aromatic rings. The van der Waals surface area contributed by atoms with Crippen LogP contribution >= 0.6 is 0 Å². The van der Waals surface area contributed by atoms with Crippen molar-refractivity contribution >= 4 is 5.91 Å². The first kappa shape index (κ1) is 19.4. The normalized spacial score (nSPS) is 11.5. The fourth-order valence-corrected chi connectivity index (χ4v) is 2.55. The van der Waals surface area contributed by atoms with Gasteiger partial charge in [0.25, 0.3) is 5.91 Å². The van der Waals surface area contributed by atoms with Gasteiger partial charge in [-0.05, 0) is 55.8 Å². The summed E-state index contributed by atoms with van der Waals surface area (Å²) in [7, 11) is 0. The van der Waals surface area contributed by atoms with Crippen molar-refractivity contribution in [1.82, 2.24) is 10.3 Å². The molecule has 28 heavy (non-hydrogen) atoms. The van der Waals surface area contributed by atoms with Gasteiger partial charge in [0.15, 0.2) is 6.10 Å². The van der Waals surface area contributed by atoms with Gasteiger partial charge in [0, 0.05) is 12.7 Å². The third kappa shape index (κ3) is 5.84. The Bertz CT molecular complexity index is 878. The van der Waals surface area contributed by atoms with Crippen LogP contribution in [0, 0.1) is 6.92 Å². The molecule has 144 valence electrons. The van der Waals surface area contributed by atoms with Gasteiger partial charge in [-0.1, -0.05) is 35.9 Å². The number of aromatic nitrogens is 1. The van der Waals surface area contributed by atoms with E-state index in [9.17, 15) is 4.79 Å². The van der Waals surface area contributed by atoms with Crippen molar-refractivity contribution in [3.8, 4) is 11.5 Å². The van der Waals surface area contributed by atoms with Crippen LogP contribution in [0.2, 0.25) is 0 Å². The van der Waals surface area contributed by atoms with Crippen molar-refractivity contribution in [2.24, 2.45) is 0 Å². The molecule has 0 aliphatic rings. The minimum Gasteiger partial charge on any atom is -0.487 e. The summed E-state index contributed by atoms with van der Waals surface area (Å²) in [5.74, 6) is 1.29. The molecule has 2 aromatic carbocycles. The molecular weight excluding hydrogens is 352 g/mol. The Morgan fingerprint density at radius 2 is 1.71 bits per heavy atom. The highest BCUT2D eigenvalue weighted by atomic mass is 16.5. The van der Waals surface area contributed by atoms with E-state index in [4.69, 9.17) is 9.47 Å². The lowest BCUT2D eigenvalue weighted by molar-refractivity contribution is -0.127. The fourth-order valence-electron chi connectivity index (χ4n) is 2.55. The third-order valence-corrected chi connectivity index (χ3v) is 4.21. The van der Waals surface area contributed by atoms with Crippen LogP contribution in [0.1, 0.15) is 23.7 Å². The van der Waals surface area contributed by atoms with E-state index >= 15 is 0 Å². The largest absolute Gasteiger partial charge is 0.487 e. The summed E-state index contributed by atoms with van der Waals surface area (Å²) in [6.45, 7) is 4.60. The van der Waals surface area contributed by atoms with Crippen molar-refractivity contribution in [3.05, 3.63) is 89.7 Å². The lowest BCUT2D eigenvalue weighted by atomic mass is 10.2. The number of amides is 1. The maximum absolute atomic E-state index is 12.2. The van der Waals surface area contributed by atoms with Gasteiger partial charge >= 0.3 is 0 Å². The van der Waals surface area contributed by atoms with Crippen molar-refractivity contribution in [2.75, 3.05) is 0 Å². The number of ether oxygens (including phenoxy) is 2. The number of aryl methyl sites for hydroxylation is 1. The van der Waals surface area contributed by atoms with Gasteiger partial charge in [-0.2, -0.15) is 0 Å². The Morgan fingerprint density at radius 1 is 1.00 bits per heavy atom. The molecule has 0 saturated carbocycles. The van der Waals surface area contributed by atoms with E-state index in [1.165, 1.54) is 0 Å². The first-order chi connectivity index (χ1) is 13.6. The molecule has 1 heterocycles. The number of pyridine rings is 1. The summed E-state index contributed by atoms with van der Waals surface area (Å²) in [6, 6.07) is 21.0. The molecular formula is C23H24N2O3. The highest BCUT2D eigenvalue weighted by molar-refractivity contribution is 5.80. The molecule has 5 nitrogen and oxygen atoms in total. The lowest BCUT2D eigenvalue weighted by Gasteiger charge is -2.15. The van der Waals surface area contributed by atoms with Crippen molar-refractivity contribution in [1.29, 1.82) is 0 Å². The minimum atomic E-state index is -0.566. The van der Waals surface area contributed by atoms with E-state index in [0.717, 1.165) is 22.6 Å². The van der Waals surface area contributed by atoms with E-state index in [-0.39, 0.29) is 5.91 Å². The van der Waals surface area contributed by atoms with E-state index in [1.54, 1.807) is 13.1 Å². The summed E-state index contributed by atoms with van der Waals surface area (Å²) in [6.07, 6.45) is 1.18. The highest BCUT2D eigenvalue weighted by Crippen LogP contribution is 2.15. The van der Waals surface area contributed by atoms with E-state index in [1.807, 2.05) is 73.7 Å². The van der Waals surface area contributed by atoms with Crippen molar-refractivity contribution < 1.29 is 14.3 Å². The lowest BCUT2D eigenvalue weighted by Crippen LogP contribution is -2.35. The summed E-state index contributed by atoms with van der Waals surface area (Å²) < 4.78 is 11.4. The summed E-state index contributed by atoms with van der Waals surface area (Å²) in [4.78, 5) is 16.5.